The molecule has 1 fully saturated rings. The number of ether oxygens (including phenoxy) is 1. The van der Waals surface area contributed by atoms with Crippen molar-refractivity contribution in [2.45, 2.75) is 12.4 Å². The topological polar surface area (TPSA) is 44.7 Å². The molecule has 2 aromatic carbocycles. The maximum absolute atomic E-state index is 13.9. The molecule has 0 saturated carbocycles. The highest BCUT2D eigenvalue weighted by Crippen LogP contribution is 2.37. The fourth-order valence-corrected chi connectivity index (χ4v) is 3.15. The van der Waals surface area contributed by atoms with Gasteiger partial charge >= 0.3 is 6.36 Å². The normalized spacial score (nSPS) is 16.9. The Hall–Kier alpha value is -2.39. The van der Waals surface area contributed by atoms with Crippen molar-refractivity contribution in [3.63, 3.8) is 0 Å². The zero-order chi connectivity index (χ0) is 19.6. The molecule has 0 aliphatic carbocycles. The molecule has 146 valence electrons. The van der Waals surface area contributed by atoms with Crippen LogP contribution in [0.4, 0.5) is 22.0 Å². The molecule has 0 aromatic heterocycles. The molecule has 9 heteroatoms. The summed E-state index contributed by atoms with van der Waals surface area (Å²) in [5.41, 5.74) is 0.660. The summed E-state index contributed by atoms with van der Waals surface area (Å²) in [6.45, 7) is 2.42. The van der Waals surface area contributed by atoms with E-state index in [1.165, 1.54) is 18.2 Å². The van der Waals surface area contributed by atoms with Crippen LogP contribution in [0.5, 0.6) is 11.5 Å². The van der Waals surface area contributed by atoms with Crippen LogP contribution in [0.25, 0.3) is 0 Å². The quantitative estimate of drug-likeness (QED) is 0.787. The van der Waals surface area contributed by atoms with Crippen molar-refractivity contribution in [2.75, 3.05) is 26.2 Å². The van der Waals surface area contributed by atoms with Crippen LogP contribution in [0.1, 0.15) is 17.2 Å². The number of nitrogens with one attached hydrogen (secondary N) is 1. The first-order valence-corrected chi connectivity index (χ1v) is 8.23. The third-order valence-electron chi connectivity index (χ3n) is 4.34. The van der Waals surface area contributed by atoms with Gasteiger partial charge in [-0.1, -0.05) is 18.2 Å². The van der Waals surface area contributed by atoms with Gasteiger partial charge in [-0.25, -0.2) is 4.39 Å². The summed E-state index contributed by atoms with van der Waals surface area (Å²) in [7, 11) is 0. The Morgan fingerprint density at radius 1 is 1.00 bits per heavy atom. The molecule has 0 radical (unpaired) electrons. The van der Waals surface area contributed by atoms with Gasteiger partial charge < -0.3 is 15.2 Å². The average Bonchev–Trinajstić information content (AvgIpc) is 2.63. The Morgan fingerprint density at radius 2 is 1.63 bits per heavy atom. The molecule has 0 bridgehead atoms. The summed E-state index contributed by atoms with van der Waals surface area (Å²) in [4.78, 5) is 1.93. The molecule has 0 amide bonds. The number of phenols is 1. The first-order valence-electron chi connectivity index (χ1n) is 8.23. The van der Waals surface area contributed by atoms with Gasteiger partial charge in [0.2, 0.25) is 5.82 Å². The van der Waals surface area contributed by atoms with Crippen LogP contribution in [-0.2, 0) is 0 Å². The monoisotopic (exact) mass is 388 g/mol. The molecule has 2 aromatic rings. The molecule has 1 saturated heterocycles. The Morgan fingerprint density at radius 3 is 2.22 bits per heavy atom. The number of phenolic OH excluding ortho intramolecular Hbond substituents is 1. The largest absolute Gasteiger partial charge is 0.573 e. The molecule has 2 N–H and O–H groups in total. The van der Waals surface area contributed by atoms with Gasteiger partial charge in [-0.3, -0.25) is 4.90 Å². The van der Waals surface area contributed by atoms with Crippen LogP contribution in [0, 0.1) is 11.6 Å². The Bertz CT molecular complexity index is 790. The predicted molar refractivity (Wildman–Crippen MR) is 87.4 cm³/mol. The van der Waals surface area contributed by atoms with Crippen molar-refractivity contribution >= 4 is 0 Å². The first-order chi connectivity index (χ1) is 12.8. The minimum atomic E-state index is -4.81. The Balaban J connectivity index is 1.99. The van der Waals surface area contributed by atoms with Crippen LogP contribution < -0.4 is 10.1 Å². The van der Waals surface area contributed by atoms with E-state index >= 15 is 0 Å². The highest BCUT2D eigenvalue weighted by Gasteiger charge is 2.32. The van der Waals surface area contributed by atoms with Crippen LogP contribution in [0.2, 0.25) is 0 Å². The second-order valence-corrected chi connectivity index (χ2v) is 6.10. The number of halogens is 5. The van der Waals surface area contributed by atoms with E-state index in [9.17, 15) is 27.1 Å². The Labute approximate surface area is 152 Å². The highest BCUT2D eigenvalue weighted by molar-refractivity contribution is 5.43. The van der Waals surface area contributed by atoms with Crippen molar-refractivity contribution in [2.24, 2.45) is 0 Å². The molecule has 1 aliphatic heterocycles. The molecule has 1 aliphatic rings. The lowest BCUT2D eigenvalue weighted by Gasteiger charge is -2.36. The van der Waals surface area contributed by atoms with Gasteiger partial charge in [0.15, 0.2) is 11.6 Å². The van der Waals surface area contributed by atoms with E-state index in [1.54, 1.807) is 0 Å². The zero-order valence-corrected chi connectivity index (χ0v) is 14.1. The van der Waals surface area contributed by atoms with Gasteiger partial charge in [0.05, 0.1) is 6.04 Å². The average molecular weight is 388 g/mol. The molecule has 0 spiro atoms. The molecular formula is C18H17F5N2O2. The van der Waals surface area contributed by atoms with Crippen molar-refractivity contribution in [1.82, 2.24) is 10.2 Å². The van der Waals surface area contributed by atoms with Crippen LogP contribution >= 0.6 is 0 Å². The highest BCUT2D eigenvalue weighted by atomic mass is 19.4. The van der Waals surface area contributed by atoms with E-state index in [-0.39, 0.29) is 11.3 Å². The number of benzene rings is 2. The maximum Gasteiger partial charge on any atom is 0.573 e. The lowest BCUT2D eigenvalue weighted by atomic mass is 9.95. The molecule has 1 heterocycles. The minimum Gasteiger partial charge on any atom is -0.505 e. The zero-order valence-electron chi connectivity index (χ0n) is 14.1. The number of hydrogen-bond donors (Lipinski definition) is 2. The van der Waals surface area contributed by atoms with Crippen LogP contribution in [0.3, 0.4) is 0 Å². The standard InChI is InChI=1S/C18H17F5N2O2/c19-14-6-5-13(17(26)15(14)20)16(25-9-7-24-8-10-25)11-1-3-12(4-2-11)27-18(21,22)23/h1-6,16,24,26H,7-10H2/t16-/m1/s1. The fraction of sp³-hybridized carbons (Fsp3) is 0.333. The van der Waals surface area contributed by atoms with Gasteiger partial charge in [-0.2, -0.15) is 4.39 Å². The fourth-order valence-electron chi connectivity index (χ4n) is 3.15. The molecule has 3 rings (SSSR count). The summed E-state index contributed by atoms with van der Waals surface area (Å²) in [6.07, 6.45) is -4.81. The number of nitrogens with zero attached hydrogens (tertiary/aromatic N) is 1. The summed E-state index contributed by atoms with van der Waals surface area (Å²) < 4.78 is 68.2. The van der Waals surface area contributed by atoms with Gasteiger partial charge in [-0.05, 0) is 23.8 Å². The van der Waals surface area contributed by atoms with E-state index in [4.69, 9.17) is 0 Å². The predicted octanol–water partition coefficient (Wildman–Crippen LogP) is 3.56. The van der Waals surface area contributed by atoms with Gasteiger partial charge in [0.1, 0.15) is 5.75 Å². The van der Waals surface area contributed by atoms with E-state index in [0.29, 0.717) is 31.7 Å². The summed E-state index contributed by atoms with van der Waals surface area (Å²) in [6, 6.07) is 6.66. The second-order valence-electron chi connectivity index (χ2n) is 6.10. The minimum absolute atomic E-state index is 0.139. The summed E-state index contributed by atoms with van der Waals surface area (Å²) in [5, 5.41) is 13.3. The van der Waals surface area contributed by atoms with Crippen molar-refractivity contribution in [1.29, 1.82) is 0 Å². The van der Waals surface area contributed by atoms with Crippen molar-refractivity contribution in [3.05, 3.63) is 59.2 Å². The van der Waals surface area contributed by atoms with Crippen LogP contribution in [0.15, 0.2) is 36.4 Å². The second kappa shape index (κ2) is 7.69. The molecule has 0 unspecified atom stereocenters. The van der Waals surface area contributed by atoms with E-state index in [0.717, 1.165) is 18.2 Å². The SMILES string of the molecule is Oc1c([C@@H](c2ccc(OC(F)(F)F)cc2)N2CCNCC2)ccc(F)c1F. The summed E-state index contributed by atoms with van der Waals surface area (Å²) >= 11 is 0. The molecular weight excluding hydrogens is 371 g/mol. The molecule has 27 heavy (non-hydrogen) atoms. The van der Waals surface area contributed by atoms with Gasteiger partial charge in [0.25, 0.3) is 0 Å². The van der Waals surface area contributed by atoms with Crippen molar-refractivity contribution in [3.8, 4) is 11.5 Å². The van der Waals surface area contributed by atoms with Crippen molar-refractivity contribution < 1.29 is 31.8 Å². The van der Waals surface area contributed by atoms with Gasteiger partial charge in [-0.15, -0.1) is 13.2 Å². The molecule has 1 atom stereocenters. The third-order valence-corrected chi connectivity index (χ3v) is 4.34. The number of piperazine rings is 1. The van der Waals surface area contributed by atoms with E-state index in [2.05, 4.69) is 10.1 Å². The number of alkyl halides is 3. The lowest BCUT2D eigenvalue weighted by molar-refractivity contribution is -0.274. The Kier molecular flexibility index (Phi) is 5.52. The number of aromatic hydroxyl groups is 1. The van der Waals surface area contributed by atoms with Crippen LogP contribution in [-0.4, -0.2) is 42.5 Å². The number of hydrogen-bond acceptors (Lipinski definition) is 4. The molecule has 4 nitrogen and oxygen atoms in total. The smallest absolute Gasteiger partial charge is 0.505 e. The first kappa shape index (κ1) is 19.4. The maximum atomic E-state index is 13.9. The lowest BCUT2D eigenvalue weighted by Crippen LogP contribution is -2.45. The van der Waals surface area contributed by atoms with E-state index < -0.39 is 29.8 Å². The third kappa shape index (κ3) is 4.48. The summed E-state index contributed by atoms with van der Waals surface area (Å²) in [5.74, 6) is -3.73. The van der Waals surface area contributed by atoms with Gasteiger partial charge in [0, 0.05) is 31.7 Å². The number of rotatable bonds is 4. The van der Waals surface area contributed by atoms with E-state index in [1.807, 2.05) is 4.90 Å².